The molecule has 0 aliphatic rings. The summed E-state index contributed by atoms with van der Waals surface area (Å²) >= 11 is 0. The predicted octanol–water partition coefficient (Wildman–Crippen LogP) is 19.3. The first-order valence-electron chi connectivity index (χ1n) is 28.7. The maximum Gasteiger partial charge on any atom is 0.306 e. The van der Waals surface area contributed by atoms with Crippen molar-refractivity contribution in [1.29, 1.82) is 0 Å². The van der Waals surface area contributed by atoms with E-state index >= 15 is 0 Å². The summed E-state index contributed by atoms with van der Waals surface area (Å²) in [5.74, 6) is -0.912. The molecule has 0 heterocycles. The number of allylic oxidation sites excluding steroid dienone is 16. The molecule has 6 heteroatoms. The van der Waals surface area contributed by atoms with Gasteiger partial charge in [-0.25, -0.2) is 0 Å². The Hall–Kier alpha value is -3.67. The molecule has 0 amide bonds. The monoisotopic (exact) mass is 959 g/mol. The predicted molar refractivity (Wildman–Crippen MR) is 297 cm³/mol. The maximum atomic E-state index is 12.8. The number of rotatable bonds is 51. The Morgan fingerprint density at radius 2 is 0.565 bits per heavy atom. The zero-order chi connectivity index (χ0) is 50.0. The molecular weight excluding hydrogens is 853 g/mol. The van der Waals surface area contributed by atoms with Crippen molar-refractivity contribution in [1.82, 2.24) is 0 Å². The van der Waals surface area contributed by atoms with Crippen LogP contribution < -0.4 is 0 Å². The summed E-state index contributed by atoms with van der Waals surface area (Å²) in [7, 11) is 0. The van der Waals surface area contributed by atoms with Gasteiger partial charge in [0.2, 0.25) is 0 Å². The van der Waals surface area contributed by atoms with E-state index in [2.05, 4.69) is 118 Å². The van der Waals surface area contributed by atoms with E-state index in [1.165, 1.54) is 103 Å². The maximum absolute atomic E-state index is 12.8. The third-order valence-electron chi connectivity index (χ3n) is 12.1. The van der Waals surface area contributed by atoms with Gasteiger partial charge in [0, 0.05) is 19.3 Å². The fraction of sp³-hybridized carbons (Fsp3) is 0.698. The first-order valence-corrected chi connectivity index (χ1v) is 28.7. The number of hydrogen-bond acceptors (Lipinski definition) is 6. The Kier molecular flexibility index (Phi) is 53.9. The summed E-state index contributed by atoms with van der Waals surface area (Å²) in [6, 6.07) is 0. The molecule has 0 bridgehead atoms. The molecule has 0 aromatic heterocycles. The van der Waals surface area contributed by atoms with Crippen molar-refractivity contribution in [3.05, 3.63) is 97.2 Å². The molecule has 0 N–H and O–H groups in total. The second kappa shape index (κ2) is 56.9. The molecule has 0 aromatic carbocycles. The number of carbonyl (C=O) groups is 3. The van der Waals surface area contributed by atoms with Gasteiger partial charge in [0.05, 0.1) is 0 Å². The lowest BCUT2D eigenvalue weighted by atomic mass is 10.0. The van der Waals surface area contributed by atoms with Crippen molar-refractivity contribution in [3.8, 4) is 0 Å². The van der Waals surface area contributed by atoms with Crippen LogP contribution in [0.5, 0.6) is 0 Å². The number of carbonyl (C=O) groups excluding carboxylic acids is 3. The number of esters is 3. The molecule has 0 aliphatic carbocycles. The highest BCUT2D eigenvalue weighted by molar-refractivity contribution is 5.71. The van der Waals surface area contributed by atoms with Gasteiger partial charge < -0.3 is 14.2 Å². The molecule has 0 aliphatic heterocycles. The lowest BCUT2D eigenvalue weighted by molar-refractivity contribution is -0.167. The Bertz CT molecular complexity index is 1380. The average molecular weight is 960 g/mol. The van der Waals surface area contributed by atoms with Gasteiger partial charge in [-0.2, -0.15) is 0 Å². The Morgan fingerprint density at radius 1 is 0.304 bits per heavy atom. The summed E-state index contributed by atoms with van der Waals surface area (Å²) in [6.45, 7) is 6.47. The van der Waals surface area contributed by atoms with Crippen LogP contribution in [0.2, 0.25) is 0 Å². The van der Waals surface area contributed by atoms with Gasteiger partial charge in [-0.3, -0.25) is 14.4 Å². The molecule has 394 valence electrons. The second-order valence-electron chi connectivity index (χ2n) is 18.8. The van der Waals surface area contributed by atoms with Crippen LogP contribution >= 0.6 is 0 Å². The molecule has 0 spiro atoms. The van der Waals surface area contributed by atoms with Gasteiger partial charge >= 0.3 is 17.9 Å². The van der Waals surface area contributed by atoms with Crippen molar-refractivity contribution in [2.24, 2.45) is 0 Å². The molecule has 0 rings (SSSR count). The Labute approximate surface area is 426 Å². The topological polar surface area (TPSA) is 78.9 Å². The fourth-order valence-electron chi connectivity index (χ4n) is 7.81. The minimum Gasteiger partial charge on any atom is -0.462 e. The third kappa shape index (κ3) is 55.1. The SMILES string of the molecule is CC/C=C\C/C=C\C/C=C\C/C=C\C/C=C\C/C=C\C/C=C\C/C=C\CCCCCCC(=O)OCC(COC(=O)CCCCCCCCC)OC(=O)CCCCCCCCCCCCCCCCC. The minimum atomic E-state index is -0.783. The van der Waals surface area contributed by atoms with Crippen LogP contribution in [0.4, 0.5) is 0 Å². The molecule has 0 saturated carbocycles. The van der Waals surface area contributed by atoms with Crippen LogP contribution in [0.15, 0.2) is 97.2 Å². The molecule has 0 aromatic rings. The van der Waals surface area contributed by atoms with Crippen molar-refractivity contribution < 1.29 is 28.6 Å². The normalized spacial score (nSPS) is 12.8. The van der Waals surface area contributed by atoms with Gasteiger partial charge in [-0.1, -0.05) is 259 Å². The van der Waals surface area contributed by atoms with E-state index in [0.717, 1.165) is 122 Å². The molecular formula is C63H106O6. The quantitative estimate of drug-likeness (QED) is 0.0262. The summed E-state index contributed by atoms with van der Waals surface area (Å²) in [4.78, 5) is 37.9. The lowest BCUT2D eigenvalue weighted by Gasteiger charge is -2.18. The lowest BCUT2D eigenvalue weighted by Crippen LogP contribution is -2.30. The van der Waals surface area contributed by atoms with Gasteiger partial charge in [0.25, 0.3) is 0 Å². The van der Waals surface area contributed by atoms with Crippen molar-refractivity contribution in [2.45, 2.75) is 271 Å². The van der Waals surface area contributed by atoms with E-state index in [0.29, 0.717) is 19.3 Å². The molecule has 6 nitrogen and oxygen atoms in total. The summed E-state index contributed by atoms with van der Waals surface area (Å²) < 4.78 is 16.8. The Balaban J connectivity index is 4.23. The van der Waals surface area contributed by atoms with Gasteiger partial charge in [0.15, 0.2) is 6.10 Å². The smallest absolute Gasteiger partial charge is 0.306 e. The molecule has 1 unspecified atom stereocenters. The van der Waals surface area contributed by atoms with Crippen molar-refractivity contribution >= 4 is 17.9 Å². The van der Waals surface area contributed by atoms with Crippen LogP contribution in [-0.2, 0) is 28.6 Å². The van der Waals surface area contributed by atoms with Gasteiger partial charge in [0.1, 0.15) is 13.2 Å². The van der Waals surface area contributed by atoms with E-state index in [9.17, 15) is 14.4 Å². The van der Waals surface area contributed by atoms with Crippen LogP contribution in [0.25, 0.3) is 0 Å². The summed E-state index contributed by atoms with van der Waals surface area (Å²) in [6.07, 6.45) is 75.6. The van der Waals surface area contributed by atoms with Gasteiger partial charge in [-0.05, 0) is 83.5 Å². The minimum absolute atomic E-state index is 0.0833. The van der Waals surface area contributed by atoms with Crippen molar-refractivity contribution in [2.75, 3.05) is 13.2 Å². The highest BCUT2D eigenvalue weighted by Gasteiger charge is 2.19. The van der Waals surface area contributed by atoms with Gasteiger partial charge in [-0.15, -0.1) is 0 Å². The third-order valence-corrected chi connectivity index (χ3v) is 12.1. The van der Waals surface area contributed by atoms with E-state index in [-0.39, 0.29) is 31.1 Å². The van der Waals surface area contributed by atoms with E-state index < -0.39 is 6.10 Å². The van der Waals surface area contributed by atoms with Crippen LogP contribution in [-0.4, -0.2) is 37.2 Å². The van der Waals surface area contributed by atoms with Crippen LogP contribution in [0, 0.1) is 0 Å². The fourth-order valence-corrected chi connectivity index (χ4v) is 7.81. The van der Waals surface area contributed by atoms with Crippen LogP contribution in [0.3, 0.4) is 0 Å². The zero-order valence-corrected chi connectivity index (χ0v) is 45.0. The number of hydrogen-bond donors (Lipinski definition) is 0. The number of unbranched alkanes of at least 4 members (excludes halogenated alkanes) is 24. The Morgan fingerprint density at radius 3 is 0.884 bits per heavy atom. The molecule has 0 radical (unpaired) electrons. The van der Waals surface area contributed by atoms with Crippen LogP contribution in [0.1, 0.15) is 265 Å². The standard InChI is InChI=1S/C63H106O6/c1-4-7-10-13-16-18-20-22-24-25-26-27-28-29-30-31-32-33-34-35-36-37-39-40-42-44-47-50-53-56-62(65)68-59-60(58-67-61(64)55-52-49-46-15-12-9-6-3)69-63(66)57-54-51-48-45-43-41-38-23-21-19-17-14-11-8-5-2/h7,10,16,18,22,24,26-27,29-30,32-33,35-36,39-40,60H,4-6,8-9,11-15,17,19-21,23,25,28,31,34,37-38,41-59H2,1-3H3/b10-7-,18-16-,24-22-,27-26-,30-29-,33-32-,36-35-,40-39-. The molecule has 0 fully saturated rings. The highest BCUT2D eigenvalue weighted by atomic mass is 16.6. The van der Waals surface area contributed by atoms with E-state index in [1.807, 2.05) is 0 Å². The van der Waals surface area contributed by atoms with Crippen molar-refractivity contribution in [3.63, 3.8) is 0 Å². The summed E-state index contributed by atoms with van der Waals surface area (Å²) in [5.41, 5.74) is 0. The summed E-state index contributed by atoms with van der Waals surface area (Å²) in [5, 5.41) is 0. The molecule has 0 saturated heterocycles. The average Bonchev–Trinajstić information content (AvgIpc) is 3.35. The number of ether oxygens (including phenoxy) is 3. The first-order chi connectivity index (χ1) is 34.0. The largest absolute Gasteiger partial charge is 0.462 e. The molecule has 1 atom stereocenters. The highest BCUT2D eigenvalue weighted by Crippen LogP contribution is 2.15. The molecule has 69 heavy (non-hydrogen) atoms. The van der Waals surface area contributed by atoms with E-state index in [1.54, 1.807) is 0 Å². The van der Waals surface area contributed by atoms with E-state index in [4.69, 9.17) is 14.2 Å². The second-order valence-corrected chi connectivity index (χ2v) is 18.8. The zero-order valence-electron chi connectivity index (χ0n) is 45.0. The first kappa shape index (κ1) is 65.3.